The fourth-order valence-corrected chi connectivity index (χ4v) is 3.19. The zero-order chi connectivity index (χ0) is 21.9. The van der Waals surface area contributed by atoms with E-state index in [1.165, 1.54) is 0 Å². The van der Waals surface area contributed by atoms with Gasteiger partial charge in [0.1, 0.15) is 18.1 Å². The zero-order valence-corrected chi connectivity index (χ0v) is 17.9. The normalized spacial score (nSPS) is 15.1. The highest BCUT2D eigenvalue weighted by Gasteiger charge is 2.37. The molecular formula is C24H28N2O4. The van der Waals surface area contributed by atoms with E-state index < -0.39 is 5.41 Å². The van der Waals surface area contributed by atoms with Crippen LogP contribution >= 0.6 is 0 Å². The van der Waals surface area contributed by atoms with Crippen LogP contribution in [0.3, 0.4) is 0 Å². The quantitative estimate of drug-likeness (QED) is 0.706. The Morgan fingerprint density at radius 2 is 1.97 bits per heavy atom. The monoisotopic (exact) mass is 408 g/mol. The molecule has 1 aliphatic heterocycles. The van der Waals surface area contributed by atoms with E-state index in [2.05, 4.69) is 11.9 Å². The molecule has 2 aromatic rings. The standard InChI is InChI=1S/C24H28N2O4/c1-6-13-26-20-14-18(9-12-21(20)29-15-24(4,5)23(26)28)25-22(27)17-7-10-19(11-8-17)30-16(2)3/h6-12,14,16H,1,13,15H2,2-5H3,(H,25,27). The van der Waals surface area contributed by atoms with Crippen LogP contribution in [0.4, 0.5) is 11.4 Å². The van der Waals surface area contributed by atoms with Gasteiger partial charge in [-0.3, -0.25) is 9.59 Å². The third-order valence-electron chi connectivity index (χ3n) is 4.72. The van der Waals surface area contributed by atoms with Gasteiger partial charge < -0.3 is 19.7 Å². The molecule has 3 rings (SSSR count). The summed E-state index contributed by atoms with van der Waals surface area (Å²) in [4.78, 5) is 27.3. The molecule has 6 nitrogen and oxygen atoms in total. The van der Waals surface area contributed by atoms with Crippen LogP contribution in [0, 0.1) is 5.41 Å². The molecule has 2 amide bonds. The molecule has 2 aromatic carbocycles. The molecule has 0 spiro atoms. The van der Waals surface area contributed by atoms with Gasteiger partial charge in [0.2, 0.25) is 5.91 Å². The number of nitrogens with zero attached hydrogens (tertiary/aromatic N) is 1. The summed E-state index contributed by atoms with van der Waals surface area (Å²) in [5, 5.41) is 2.89. The molecule has 1 heterocycles. The van der Waals surface area contributed by atoms with Gasteiger partial charge in [0.25, 0.3) is 5.91 Å². The van der Waals surface area contributed by atoms with Crippen molar-refractivity contribution in [2.24, 2.45) is 5.41 Å². The zero-order valence-electron chi connectivity index (χ0n) is 17.9. The molecule has 0 fully saturated rings. The topological polar surface area (TPSA) is 67.9 Å². The van der Waals surface area contributed by atoms with Gasteiger partial charge in [0.15, 0.2) is 0 Å². The van der Waals surface area contributed by atoms with Gasteiger partial charge in [-0.15, -0.1) is 6.58 Å². The highest BCUT2D eigenvalue weighted by molar-refractivity contribution is 6.05. The summed E-state index contributed by atoms with van der Waals surface area (Å²) in [6, 6.07) is 12.3. The fourth-order valence-electron chi connectivity index (χ4n) is 3.19. The lowest BCUT2D eigenvalue weighted by atomic mass is 9.93. The third-order valence-corrected chi connectivity index (χ3v) is 4.72. The molecule has 0 bridgehead atoms. The molecular weight excluding hydrogens is 380 g/mol. The second kappa shape index (κ2) is 8.61. The number of anilines is 2. The van der Waals surface area contributed by atoms with Crippen molar-refractivity contribution in [3.63, 3.8) is 0 Å². The van der Waals surface area contributed by atoms with Crippen molar-refractivity contribution in [3.05, 3.63) is 60.7 Å². The summed E-state index contributed by atoms with van der Waals surface area (Å²) in [6.45, 7) is 12.0. The van der Waals surface area contributed by atoms with Crippen molar-refractivity contribution in [3.8, 4) is 11.5 Å². The number of carbonyl (C=O) groups excluding carboxylic acids is 2. The highest BCUT2D eigenvalue weighted by atomic mass is 16.5. The number of hydrogen-bond donors (Lipinski definition) is 1. The number of ether oxygens (including phenoxy) is 2. The van der Waals surface area contributed by atoms with Crippen LogP contribution in [-0.4, -0.2) is 31.1 Å². The maximum absolute atomic E-state index is 13.0. The Bertz CT molecular complexity index is 948. The van der Waals surface area contributed by atoms with Gasteiger partial charge >= 0.3 is 0 Å². The van der Waals surface area contributed by atoms with E-state index in [-0.39, 0.29) is 24.5 Å². The number of carbonyl (C=O) groups is 2. The smallest absolute Gasteiger partial charge is 0.255 e. The number of fused-ring (bicyclic) bond motifs is 1. The molecule has 0 radical (unpaired) electrons. The van der Waals surface area contributed by atoms with Crippen molar-refractivity contribution in [2.45, 2.75) is 33.8 Å². The number of rotatable bonds is 6. The lowest BCUT2D eigenvalue weighted by molar-refractivity contribution is -0.127. The molecule has 0 saturated heterocycles. The van der Waals surface area contributed by atoms with Crippen LogP contribution in [0.1, 0.15) is 38.1 Å². The van der Waals surface area contributed by atoms with E-state index in [1.54, 1.807) is 53.4 Å². The van der Waals surface area contributed by atoms with Crippen LogP contribution < -0.4 is 19.7 Å². The van der Waals surface area contributed by atoms with Crippen molar-refractivity contribution >= 4 is 23.2 Å². The molecule has 0 aromatic heterocycles. The summed E-state index contributed by atoms with van der Waals surface area (Å²) in [7, 11) is 0. The first-order chi connectivity index (χ1) is 14.2. The van der Waals surface area contributed by atoms with Crippen LogP contribution in [0.25, 0.3) is 0 Å². The lowest BCUT2D eigenvalue weighted by Crippen LogP contribution is -2.42. The Morgan fingerprint density at radius 3 is 2.60 bits per heavy atom. The van der Waals surface area contributed by atoms with Gasteiger partial charge in [0.05, 0.1) is 17.2 Å². The Hall–Kier alpha value is -3.28. The minimum atomic E-state index is -0.661. The predicted octanol–water partition coefficient (Wildman–Crippen LogP) is 4.66. The maximum atomic E-state index is 13.0. The lowest BCUT2D eigenvalue weighted by Gasteiger charge is -2.27. The van der Waals surface area contributed by atoms with Gasteiger partial charge in [-0.25, -0.2) is 0 Å². The van der Waals surface area contributed by atoms with E-state index in [0.29, 0.717) is 35.0 Å². The molecule has 6 heteroatoms. The summed E-state index contributed by atoms with van der Waals surface area (Å²) in [5.41, 5.74) is 1.04. The Balaban J connectivity index is 1.83. The second-order valence-corrected chi connectivity index (χ2v) is 8.20. The summed E-state index contributed by atoms with van der Waals surface area (Å²) in [6.07, 6.45) is 1.74. The van der Waals surface area contributed by atoms with E-state index in [9.17, 15) is 9.59 Å². The fraction of sp³-hybridized carbons (Fsp3) is 0.333. The summed E-state index contributed by atoms with van der Waals surface area (Å²) >= 11 is 0. The number of amides is 2. The van der Waals surface area contributed by atoms with Crippen LogP contribution in [0.2, 0.25) is 0 Å². The van der Waals surface area contributed by atoms with Crippen molar-refractivity contribution in [1.29, 1.82) is 0 Å². The van der Waals surface area contributed by atoms with Crippen molar-refractivity contribution < 1.29 is 19.1 Å². The van der Waals surface area contributed by atoms with Gasteiger partial charge in [-0.2, -0.15) is 0 Å². The molecule has 0 aliphatic carbocycles. The average Bonchev–Trinajstić information content (AvgIpc) is 2.78. The molecule has 0 unspecified atom stereocenters. The maximum Gasteiger partial charge on any atom is 0.255 e. The Morgan fingerprint density at radius 1 is 1.27 bits per heavy atom. The summed E-state index contributed by atoms with van der Waals surface area (Å²) < 4.78 is 11.5. The Labute approximate surface area is 177 Å². The molecule has 158 valence electrons. The molecule has 1 aliphatic rings. The SMILES string of the molecule is C=CCN1C(=O)C(C)(C)COc2ccc(NC(=O)c3ccc(OC(C)C)cc3)cc21. The number of benzene rings is 2. The summed E-state index contributed by atoms with van der Waals surface area (Å²) in [5.74, 6) is 1.02. The predicted molar refractivity (Wildman–Crippen MR) is 118 cm³/mol. The van der Waals surface area contributed by atoms with E-state index in [0.717, 1.165) is 0 Å². The average molecular weight is 408 g/mol. The number of hydrogen-bond acceptors (Lipinski definition) is 4. The van der Waals surface area contributed by atoms with E-state index in [4.69, 9.17) is 9.47 Å². The Kier molecular flexibility index (Phi) is 6.15. The van der Waals surface area contributed by atoms with Crippen LogP contribution in [-0.2, 0) is 4.79 Å². The van der Waals surface area contributed by atoms with Gasteiger partial charge in [-0.05, 0) is 70.2 Å². The molecule has 0 atom stereocenters. The number of nitrogens with one attached hydrogen (secondary N) is 1. The highest BCUT2D eigenvalue weighted by Crippen LogP contribution is 2.38. The van der Waals surface area contributed by atoms with Crippen LogP contribution in [0.5, 0.6) is 11.5 Å². The minimum Gasteiger partial charge on any atom is -0.491 e. The van der Waals surface area contributed by atoms with Gasteiger partial charge in [-0.1, -0.05) is 6.08 Å². The second-order valence-electron chi connectivity index (χ2n) is 8.20. The van der Waals surface area contributed by atoms with Crippen molar-refractivity contribution in [1.82, 2.24) is 0 Å². The van der Waals surface area contributed by atoms with Crippen molar-refractivity contribution in [2.75, 3.05) is 23.4 Å². The largest absolute Gasteiger partial charge is 0.491 e. The van der Waals surface area contributed by atoms with E-state index >= 15 is 0 Å². The third kappa shape index (κ3) is 4.64. The van der Waals surface area contributed by atoms with Gasteiger partial charge in [0, 0.05) is 17.8 Å². The molecule has 30 heavy (non-hydrogen) atoms. The first kappa shape index (κ1) is 21.4. The molecule has 1 N–H and O–H groups in total. The first-order valence-electron chi connectivity index (χ1n) is 9.99. The minimum absolute atomic E-state index is 0.0506. The first-order valence-corrected chi connectivity index (χ1v) is 9.99. The van der Waals surface area contributed by atoms with Crippen LogP contribution in [0.15, 0.2) is 55.1 Å². The molecule has 0 saturated carbocycles. The van der Waals surface area contributed by atoms with E-state index in [1.807, 2.05) is 27.7 Å².